The first-order valence-electron chi connectivity index (χ1n) is 7.86. The Labute approximate surface area is 162 Å². The molecule has 1 aromatic heterocycles. The molecule has 0 amide bonds. The van der Waals surface area contributed by atoms with E-state index in [0.29, 0.717) is 15.9 Å². The number of benzene rings is 2. The van der Waals surface area contributed by atoms with Gasteiger partial charge in [-0.1, -0.05) is 34.1 Å². The average Bonchev–Trinajstić information content (AvgIpc) is 2.85. The summed E-state index contributed by atoms with van der Waals surface area (Å²) in [6, 6.07) is 11.8. The molecular weight excluding hydrogens is 416 g/mol. The maximum absolute atomic E-state index is 12.8. The minimum atomic E-state index is -0.687. The zero-order valence-electron chi connectivity index (χ0n) is 14.5. The van der Waals surface area contributed by atoms with Crippen LogP contribution in [-0.4, -0.2) is 25.6 Å². The molecule has 0 radical (unpaired) electrons. The lowest BCUT2D eigenvalue weighted by atomic mass is 10.2. The van der Waals surface area contributed by atoms with Gasteiger partial charge in [-0.15, -0.1) is 0 Å². The van der Waals surface area contributed by atoms with Gasteiger partial charge in [0.25, 0.3) is 5.56 Å². The highest BCUT2D eigenvalue weighted by Crippen LogP contribution is 2.32. The van der Waals surface area contributed by atoms with Gasteiger partial charge in [0, 0.05) is 29.4 Å². The first-order valence-corrected chi connectivity index (χ1v) is 8.65. The van der Waals surface area contributed by atoms with Crippen LogP contribution in [0.2, 0.25) is 0 Å². The smallest absolute Gasteiger partial charge is 0.312 e. The first kappa shape index (κ1) is 18.6. The van der Waals surface area contributed by atoms with E-state index in [2.05, 4.69) is 20.9 Å². The van der Waals surface area contributed by atoms with E-state index in [-0.39, 0.29) is 16.8 Å². The third-order valence-electron chi connectivity index (χ3n) is 4.14. The zero-order chi connectivity index (χ0) is 19.7. The van der Waals surface area contributed by atoms with E-state index in [4.69, 9.17) is 0 Å². The predicted molar refractivity (Wildman–Crippen MR) is 105 cm³/mol. The maximum atomic E-state index is 12.8. The second kappa shape index (κ2) is 7.20. The van der Waals surface area contributed by atoms with Gasteiger partial charge in [0.1, 0.15) is 0 Å². The number of aromatic hydroxyl groups is 1. The Kier molecular flexibility index (Phi) is 4.95. The van der Waals surface area contributed by atoms with Gasteiger partial charge in [-0.3, -0.25) is 19.6 Å². The van der Waals surface area contributed by atoms with Gasteiger partial charge in [0.2, 0.25) is 5.75 Å². The van der Waals surface area contributed by atoms with Crippen LogP contribution in [0.1, 0.15) is 11.3 Å². The number of aliphatic imine (C=N–C) groups is 1. The molecular formula is C18H15BrN4O4. The van der Waals surface area contributed by atoms with Crippen LogP contribution in [0.25, 0.3) is 5.69 Å². The van der Waals surface area contributed by atoms with Crippen LogP contribution in [-0.2, 0) is 7.05 Å². The summed E-state index contributed by atoms with van der Waals surface area (Å²) in [4.78, 5) is 27.4. The topological polar surface area (TPSA) is 103 Å². The number of hydrogen-bond donors (Lipinski definition) is 1. The van der Waals surface area contributed by atoms with Crippen LogP contribution >= 0.6 is 15.9 Å². The van der Waals surface area contributed by atoms with E-state index >= 15 is 0 Å². The van der Waals surface area contributed by atoms with Crippen molar-refractivity contribution >= 4 is 33.5 Å². The van der Waals surface area contributed by atoms with Crippen molar-refractivity contribution in [2.75, 3.05) is 0 Å². The minimum absolute atomic E-state index is 0.130. The average molecular weight is 431 g/mol. The summed E-state index contributed by atoms with van der Waals surface area (Å²) in [5, 5.41) is 21.1. The number of nitro groups is 1. The molecule has 0 spiro atoms. The number of phenols is 1. The summed E-state index contributed by atoms with van der Waals surface area (Å²) < 4.78 is 3.57. The van der Waals surface area contributed by atoms with Gasteiger partial charge < -0.3 is 5.11 Å². The normalized spacial score (nSPS) is 11.2. The van der Waals surface area contributed by atoms with Gasteiger partial charge in [-0.25, -0.2) is 9.67 Å². The second-order valence-electron chi connectivity index (χ2n) is 5.79. The number of phenolic OH excluding ortho intramolecular Hbond substituents is 1. The van der Waals surface area contributed by atoms with Gasteiger partial charge in [0.05, 0.1) is 16.3 Å². The molecule has 0 fully saturated rings. The lowest BCUT2D eigenvalue weighted by molar-refractivity contribution is -0.385. The Morgan fingerprint density at radius 3 is 2.56 bits per heavy atom. The highest BCUT2D eigenvalue weighted by Gasteiger charge is 2.19. The molecule has 27 heavy (non-hydrogen) atoms. The molecule has 0 saturated heterocycles. The van der Waals surface area contributed by atoms with E-state index in [0.717, 1.165) is 0 Å². The monoisotopic (exact) mass is 430 g/mol. The lowest BCUT2D eigenvalue weighted by Gasteiger charge is -2.07. The van der Waals surface area contributed by atoms with Crippen molar-refractivity contribution in [3.05, 3.63) is 78.7 Å². The molecule has 9 heteroatoms. The molecule has 3 aromatic rings. The van der Waals surface area contributed by atoms with Gasteiger partial charge in [-0.2, -0.15) is 0 Å². The number of nitro benzene ring substituents is 1. The molecule has 1 N–H and O–H groups in total. The highest BCUT2D eigenvalue weighted by molar-refractivity contribution is 9.10. The summed E-state index contributed by atoms with van der Waals surface area (Å²) in [6.07, 6.45) is 1.24. The number of aromatic nitrogens is 2. The Morgan fingerprint density at radius 1 is 1.26 bits per heavy atom. The molecule has 1 heterocycles. The van der Waals surface area contributed by atoms with E-state index in [1.165, 1.54) is 23.0 Å². The van der Waals surface area contributed by atoms with Crippen LogP contribution in [0.3, 0.4) is 0 Å². The molecule has 0 aliphatic carbocycles. The minimum Gasteiger partial charge on any atom is -0.502 e. The summed E-state index contributed by atoms with van der Waals surface area (Å²) in [7, 11) is 1.74. The fourth-order valence-electron chi connectivity index (χ4n) is 2.68. The van der Waals surface area contributed by atoms with Crippen LogP contribution in [0.5, 0.6) is 5.75 Å². The molecule has 0 aliphatic rings. The van der Waals surface area contributed by atoms with Crippen LogP contribution in [0.15, 0.2) is 56.7 Å². The predicted octanol–water partition coefficient (Wildman–Crippen LogP) is 3.61. The van der Waals surface area contributed by atoms with Crippen LogP contribution in [0.4, 0.5) is 11.4 Å². The SMILES string of the molecule is Cc1c(N=Cc2cc(Br)cc([N+](=O)[O-])c2O)c(=O)n(-c2ccccc2)n1C. The Morgan fingerprint density at radius 2 is 1.93 bits per heavy atom. The molecule has 3 rings (SSSR count). The molecule has 0 unspecified atom stereocenters. The van der Waals surface area contributed by atoms with Gasteiger partial charge >= 0.3 is 5.69 Å². The fourth-order valence-corrected chi connectivity index (χ4v) is 3.14. The third kappa shape index (κ3) is 3.41. The molecule has 2 aromatic carbocycles. The van der Waals surface area contributed by atoms with Crippen molar-refractivity contribution in [3.8, 4) is 11.4 Å². The van der Waals surface area contributed by atoms with Crippen molar-refractivity contribution < 1.29 is 10.0 Å². The van der Waals surface area contributed by atoms with Crippen molar-refractivity contribution in [1.82, 2.24) is 9.36 Å². The Bertz CT molecular complexity index is 1120. The zero-order valence-corrected chi connectivity index (χ0v) is 16.0. The molecule has 0 saturated carbocycles. The van der Waals surface area contributed by atoms with Gasteiger partial charge in [0.15, 0.2) is 5.69 Å². The van der Waals surface area contributed by atoms with Gasteiger partial charge in [-0.05, 0) is 25.1 Å². The quantitative estimate of drug-likeness (QED) is 0.387. The molecule has 8 nitrogen and oxygen atoms in total. The van der Waals surface area contributed by atoms with E-state index in [1.54, 1.807) is 30.8 Å². The summed E-state index contributed by atoms with van der Waals surface area (Å²) in [5.41, 5.74) is 0.840. The van der Waals surface area contributed by atoms with E-state index < -0.39 is 16.4 Å². The highest BCUT2D eigenvalue weighted by atomic mass is 79.9. The fraction of sp³-hybridized carbons (Fsp3) is 0.111. The molecule has 138 valence electrons. The number of rotatable bonds is 4. The van der Waals surface area contributed by atoms with Crippen molar-refractivity contribution in [1.29, 1.82) is 0 Å². The summed E-state index contributed by atoms with van der Waals surface area (Å²) in [5.74, 6) is -0.510. The Balaban J connectivity index is 2.10. The van der Waals surface area contributed by atoms with Crippen molar-refractivity contribution in [2.24, 2.45) is 12.0 Å². The molecule has 0 bridgehead atoms. The molecule has 0 atom stereocenters. The van der Waals surface area contributed by atoms with Crippen molar-refractivity contribution in [2.45, 2.75) is 6.92 Å². The first-order chi connectivity index (χ1) is 12.8. The Hall–Kier alpha value is -3.20. The summed E-state index contributed by atoms with van der Waals surface area (Å²) in [6.45, 7) is 1.75. The third-order valence-corrected chi connectivity index (χ3v) is 4.60. The van der Waals surface area contributed by atoms with Crippen molar-refractivity contribution in [3.63, 3.8) is 0 Å². The van der Waals surface area contributed by atoms with E-state index in [1.807, 2.05) is 18.2 Å². The largest absolute Gasteiger partial charge is 0.502 e. The summed E-state index contributed by atoms with van der Waals surface area (Å²) >= 11 is 3.17. The number of nitrogens with zero attached hydrogens (tertiary/aromatic N) is 4. The lowest BCUT2D eigenvalue weighted by Crippen LogP contribution is -2.19. The maximum Gasteiger partial charge on any atom is 0.312 e. The van der Waals surface area contributed by atoms with Crippen LogP contribution < -0.4 is 5.56 Å². The van der Waals surface area contributed by atoms with E-state index in [9.17, 15) is 20.0 Å². The van der Waals surface area contributed by atoms with Crippen LogP contribution in [0, 0.1) is 17.0 Å². The standard InChI is InChI=1S/C18H15BrN4O4/c1-11-16(18(25)22(21(11)2)14-6-4-3-5-7-14)20-10-12-8-13(19)9-15(17(12)24)23(26)27/h3-10,24H,1-2H3. The number of hydrogen-bond acceptors (Lipinski definition) is 5. The second-order valence-corrected chi connectivity index (χ2v) is 6.70. The number of para-hydroxylation sites is 1. The molecule has 0 aliphatic heterocycles. The number of halogens is 1.